The van der Waals surface area contributed by atoms with Crippen molar-refractivity contribution < 1.29 is 0 Å². The summed E-state index contributed by atoms with van der Waals surface area (Å²) in [6, 6.07) is 0. The molecule has 0 amide bonds. The third kappa shape index (κ3) is 9.64. The van der Waals surface area contributed by atoms with Gasteiger partial charge >= 0.3 is 0 Å². The zero-order valence-corrected chi connectivity index (χ0v) is 12.3. The number of rotatable bonds is 12. The van der Waals surface area contributed by atoms with E-state index in [1.807, 2.05) is 0 Å². The molecule has 16 heavy (non-hydrogen) atoms. The molecule has 1 heteroatoms. The summed E-state index contributed by atoms with van der Waals surface area (Å²) in [6.45, 7) is 2.29. The van der Waals surface area contributed by atoms with E-state index in [-0.39, 0.29) is 0 Å². The summed E-state index contributed by atoms with van der Waals surface area (Å²) in [5.74, 6) is 0. The van der Waals surface area contributed by atoms with Crippen LogP contribution in [0.1, 0.15) is 84.0 Å². The first-order valence-corrected chi connectivity index (χ1v) is 8.95. The van der Waals surface area contributed by atoms with E-state index in [2.05, 4.69) is 6.92 Å². The Morgan fingerprint density at radius 2 is 1.25 bits per heavy atom. The maximum atomic E-state index is 2.29. The fourth-order valence-corrected chi connectivity index (χ4v) is 3.64. The lowest BCUT2D eigenvalue weighted by molar-refractivity contribution is 0.563. The third-order valence-corrected chi connectivity index (χ3v) is 5.34. The molecular weight excluding hydrogens is 211 g/mol. The molecule has 0 saturated heterocycles. The highest BCUT2D eigenvalue weighted by Crippen LogP contribution is 2.39. The summed E-state index contributed by atoms with van der Waals surface area (Å²) in [6.07, 6.45) is 19.4. The van der Waals surface area contributed by atoms with Crippen molar-refractivity contribution in [1.29, 1.82) is 0 Å². The van der Waals surface area contributed by atoms with Gasteiger partial charge in [-0.25, -0.2) is 0 Å². The van der Waals surface area contributed by atoms with Gasteiger partial charge in [0.05, 0.1) is 0 Å². The summed E-state index contributed by atoms with van der Waals surface area (Å²) in [5.41, 5.74) is 1.18. The third-order valence-electron chi connectivity index (χ3n) is 3.54. The molecule has 0 aliphatic heterocycles. The second kappa shape index (κ2) is 10.6. The number of unbranched alkanes of at least 4 members (excludes halogenated alkanes) is 9. The molecule has 0 heterocycles. The predicted molar refractivity (Wildman–Crippen MR) is 78.0 cm³/mol. The minimum atomic E-state index is 1.18. The Morgan fingerprint density at radius 1 is 0.750 bits per heavy atom. The Balaban J connectivity index is 1.61. The number of hydrogen-bond acceptors (Lipinski definition) is 0. The fourth-order valence-electron chi connectivity index (χ4n) is 2.21. The first-order valence-electron chi connectivity index (χ1n) is 7.67. The highest BCUT2D eigenvalue weighted by molar-refractivity contribution is 7.39. The molecule has 0 N–H and O–H groups in total. The van der Waals surface area contributed by atoms with Crippen LogP contribution >= 0.6 is 8.58 Å². The van der Waals surface area contributed by atoms with Crippen LogP contribution in [0.25, 0.3) is 0 Å². The summed E-state index contributed by atoms with van der Waals surface area (Å²) >= 11 is 0. The van der Waals surface area contributed by atoms with Gasteiger partial charge in [0.25, 0.3) is 0 Å². The Morgan fingerprint density at radius 3 is 1.75 bits per heavy atom. The molecule has 0 bridgehead atoms. The standard InChI is InChI=1S/C15H31P/c1-2-3-4-5-6-7-8-9-10-11-14-16-15-12-13-15/h15-16H,2-14H2,1H3. The Kier molecular flexibility index (Phi) is 9.58. The lowest BCUT2D eigenvalue weighted by atomic mass is 10.1. The molecule has 1 fully saturated rings. The molecule has 0 radical (unpaired) electrons. The van der Waals surface area contributed by atoms with E-state index in [4.69, 9.17) is 0 Å². The van der Waals surface area contributed by atoms with Crippen LogP contribution in [0.5, 0.6) is 0 Å². The van der Waals surface area contributed by atoms with Gasteiger partial charge in [0, 0.05) is 0 Å². The molecule has 0 spiro atoms. The second-order valence-corrected chi connectivity index (χ2v) is 7.14. The van der Waals surface area contributed by atoms with Crippen LogP contribution in [-0.2, 0) is 0 Å². The van der Waals surface area contributed by atoms with Crippen molar-refractivity contribution in [2.45, 2.75) is 89.6 Å². The lowest BCUT2D eigenvalue weighted by Crippen LogP contribution is -1.83. The maximum Gasteiger partial charge on any atom is -0.0236 e. The second-order valence-electron chi connectivity index (χ2n) is 5.41. The smallest absolute Gasteiger partial charge is 0.0236 e. The molecule has 0 aromatic carbocycles. The van der Waals surface area contributed by atoms with E-state index in [9.17, 15) is 0 Å². The zero-order valence-electron chi connectivity index (χ0n) is 11.3. The van der Waals surface area contributed by atoms with Crippen molar-refractivity contribution in [2.24, 2.45) is 0 Å². The Bertz CT molecular complexity index is 140. The van der Waals surface area contributed by atoms with E-state index < -0.39 is 0 Å². The molecule has 1 atom stereocenters. The van der Waals surface area contributed by atoms with E-state index >= 15 is 0 Å². The Hall–Kier alpha value is 0.430. The van der Waals surface area contributed by atoms with Gasteiger partial charge in [0.2, 0.25) is 0 Å². The fraction of sp³-hybridized carbons (Fsp3) is 1.00. The van der Waals surface area contributed by atoms with Gasteiger partial charge in [-0.15, -0.1) is 8.58 Å². The summed E-state index contributed by atoms with van der Waals surface area (Å²) in [5, 5.41) is 0. The molecule has 0 nitrogen and oxygen atoms in total. The van der Waals surface area contributed by atoms with Crippen molar-refractivity contribution >= 4 is 8.58 Å². The van der Waals surface area contributed by atoms with E-state index in [0.717, 1.165) is 0 Å². The normalized spacial score (nSPS) is 16.3. The van der Waals surface area contributed by atoms with Crippen LogP contribution in [0.2, 0.25) is 0 Å². The van der Waals surface area contributed by atoms with Gasteiger partial charge in [0.15, 0.2) is 0 Å². The molecule has 96 valence electrons. The van der Waals surface area contributed by atoms with Gasteiger partial charge in [-0.3, -0.25) is 0 Å². The first kappa shape index (κ1) is 14.5. The van der Waals surface area contributed by atoms with E-state index in [1.165, 1.54) is 78.4 Å². The molecule has 1 unspecified atom stereocenters. The van der Waals surface area contributed by atoms with Gasteiger partial charge in [-0.1, -0.05) is 64.7 Å². The monoisotopic (exact) mass is 242 g/mol. The molecular formula is C15H31P. The van der Waals surface area contributed by atoms with Crippen LogP contribution in [-0.4, -0.2) is 11.8 Å². The van der Waals surface area contributed by atoms with Crippen molar-refractivity contribution in [3.05, 3.63) is 0 Å². The van der Waals surface area contributed by atoms with Crippen LogP contribution < -0.4 is 0 Å². The first-order chi connectivity index (χ1) is 7.93. The molecule has 1 rings (SSSR count). The highest BCUT2D eigenvalue weighted by Gasteiger charge is 2.19. The van der Waals surface area contributed by atoms with Gasteiger partial charge in [-0.05, 0) is 31.1 Å². The van der Waals surface area contributed by atoms with Crippen molar-refractivity contribution in [1.82, 2.24) is 0 Å². The average Bonchev–Trinajstić information content (AvgIpc) is 3.10. The molecule has 0 aromatic rings. The van der Waals surface area contributed by atoms with Crippen molar-refractivity contribution in [3.8, 4) is 0 Å². The SMILES string of the molecule is CCCCCCCCCCCCPC1CC1. The van der Waals surface area contributed by atoms with E-state index in [1.54, 1.807) is 19.0 Å². The minimum absolute atomic E-state index is 1.18. The van der Waals surface area contributed by atoms with Crippen LogP contribution in [0.4, 0.5) is 0 Å². The Labute approximate surface area is 105 Å². The van der Waals surface area contributed by atoms with Crippen molar-refractivity contribution in [3.63, 3.8) is 0 Å². The molecule has 1 aliphatic rings. The van der Waals surface area contributed by atoms with Crippen LogP contribution in [0, 0.1) is 0 Å². The van der Waals surface area contributed by atoms with Crippen LogP contribution in [0.15, 0.2) is 0 Å². The maximum absolute atomic E-state index is 2.29. The summed E-state index contributed by atoms with van der Waals surface area (Å²) in [4.78, 5) is 0. The van der Waals surface area contributed by atoms with Gasteiger partial charge in [-0.2, -0.15) is 0 Å². The van der Waals surface area contributed by atoms with Crippen LogP contribution in [0.3, 0.4) is 0 Å². The molecule has 1 saturated carbocycles. The minimum Gasteiger partial charge on any atom is -0.119 e. The molecule has 1 aliphatic carbocycles. The topological polar surface area (TPSA) is 0 Å². The summed E-state index contributed by atoms with van der Waals surface area (Å²) < 4.78 is 0. The highest BCUT2D eigenvalue weighted by atomic mass is 31.1. The van der Waals surface area contributed by atoms with E-state index in [0.29, 0.717) is 0 Å². The summed E-state index contributed by atoms with van der Waals surface area (Å²) in [7, 11) is 1.31. The zero-order chi connectivity index (χ0) is 11.5. The number of hydrogen-bond donors (Lipinski definition) is 0. The average molecular weight is 242 g/mol. The van der Waals surface area contributed by atoms with Gasteiger partial charge < -0.3 is 0 Å². The molecule has 0 aromatic heterocycles. The van der Waals surface area contributed by atoms with Gasteiger partial charge in [0.1, 0.15) is 0 Å². The lowest BCUT2D eigenvalue weighted by Gasteiger charge is -2.02. The largest absolute Gasteiger partial charge is 0.119 e. The van der Waals surface area contributed by atoms with Crippen molar-refractivity contribution in [2.75, 3.05) is 6.16 Å². The predicted octanol–water partition coefficient (Wildman–Crippen LogP) is 5.75. The quantitative estimate of drug-likeness (QED) is 0.302.